The van der Waals surface area contributed by atoms with Gasteiger partial charge in [0.1, 0.15) is 6.04 Å². The molecule has 0 saturated carbocycles. The molecule has 0 saturated heterocycles. The Morgan fingerprint density at radius 2 is 1.75 bits per heavy atom. The molecule has 0 aliphatic carbocycles. The summed E-state index contributed by atoms with van der Waals surface area (Å²) in [6, 6.07) is 1.45. The number of carbonyl (C=O) groups excluding carboxylic acids is 3. The van der Waals surface area contributed by atoms with E-state index in [2.05, 4.69) is 19.8 Å². The number of hydrogen-bond acceptors (Lipinski definition) is 7. The van der Waals surface area contributed by atoms with Crippen LogP contribution < -0.4 is 5.32 Å². The Labute approximate surface area is 138 Å². The Kier molecular flexibility index (Phi) is 6.84. The van der Waals surface area contributed by atoms with Gasteiger partial charge in [-0.3, -0.25) is 19.4 Å². The quantitative estimate of drug-likeness (QED) is 0.519. The van der Waals surface area contributed by atoms with E-state index in [1.165, 1.54) is 31.5 Å². The highest BCUT2D eigenvalue weighted by Gasteiger charge is 2.42. The van der Waals surface area contributed by atoms with Crippen molar-refractivity contribution in [3.63, 3.8) is 0 Å². The number of hydrogen-bond donors (Lipinski definition) is 2. The van der Waals surface area contributed by atoms with Crippen LogP contribution in [-0.2, 0) is 23.9 Å². The van der Waals surface area contributed by atoms with Crippen molar-refractivity contribution in [3.05, 3.63) is 30.1 Å². The third-order valence-corrected chi connectivity index (χ3v) is 3.44. The van der Waals surface area contributed by atoms with E-state index in [0.717, 1.165) is 14.2 Å². The van der Waals surface area contributed by atoms with Gasteiger partial charge in [0.15, 0.2) is 5.92 Å². The highest BCUT2D eigenvalue weighted by Crippen LogP contribution is 2.20. The molecule has 2 N–H and O–H groups in total. The Morgan fingerprint density at radius 3 is 2.17 bits per heavy atom. The number of methoxy groups -OCH3 is 2. The van der Waals surface area contributed by atoms with Gasteiger partial charge < -0.3 is 19.9 Å². The van der Waals surface area contributed by atoms with E-state index >= 15 is 0 Å². The molecule has 1 rings (SSSR count). The van der Waals surface area contributed by atoms with E-state index in [0.29, 0.717) is 0 Å². The summed E-state index contributed by atoms with van der Waals surface area (Å²) in [4.78, 5) is 51.0. The molecule has 0 fully saturated rings. The van der Waals surface area contributed by atoms with Gasteiger partial charge in [-0.25, -0.2) is 4.79 Å². The number of ether oxygens (including phenoxy) is 2. The summed E-state index contributed by atoms with van der Waals surface area (Å²) in [6.45, 7) is 1.33. The van der Waals surface area contributed by atoms with Crippen molar-refractivity contribution in [1.82, 2.24) is 10.3 Å². The van der Waals surface area contributed by atoms with Crippen LogP contribution in [0.2, 0.25) is 0 Å². The number of pyridine rings is 1. The zero-order valence-corrected chi connectivity index (χ0v) is 13.4. The molecule has 0 radical (unpaired) electrons. The Morgan fingerprint density at radius 1 is 1.17 bits per heavy atom. The predicted octanol–water partition coefficient (Wildman–Crippen LogP) is -0.137. The minimum Gasteiger partial charge on any atom is -0.480 e. The van der Waals surface area contributed by atoms with Crippen LogP contribution in [-0.4, -0.2) is 54.2 Å². The molecule has 24 heavy (non-hydrogen) atoms. The van der Waals surface area contributed by atoms with Crippen molar-refractivity contribution >= 4 is 23.8 Å². The van der Waals surface area contributed by atoms with E-state index in [1.807, 2.05) is 0 Å². The number of carboxylic acids is 1. The molecule has 0 aliphatic heterocycles. The van der Waals surface area contributed by atoms with E-state index < -0.39 is 41.7 Å². The van der Waals surface area contributed by atoms with Crippen LogP contribution in [0.25, 0.3) is 0 Å². The van der Waals surface area contributed by atoms with Gasteiger partial charge in [-0.15, -0.1) is 0 Å². The number of amides is 1. The maximum Gasteiger partial charge on any atom is 0.326 e. The van der Waals surface area contributed by atoms with Crippen LogP contribution in [0.1, 0.15) is 17.3 Å². The summed E-state index contributed by atoms with van der Waals surface area (Å²) < 4.78 is 9.04. The number of carbonyl (C=O) groups is 4. The first-order chi connectivity index (χ1) is 11.3. The summed E-state index contributed by atoms with van der Waals surface area (Å²) in [5, 5.41) is 11.6. The molecule has 1 amide bonds. The number of aliphatic carboxylic acids is 1. The molecule has 1 aromatic heterocycles. The lowest BCUT2D eigenvalue weighted by atomic mass is 9.87. The maximum absolute atomic E-state index is 12.1. The molecule has 9 nitrogen and oxygen atoms in total. The largest absolute Gasteiger partial charge is 0.480 e. The maximum atomic E-state index is 12.1. The molecular formula is C15H18N2O7. The van der Waals surface area contributed by atoms with E-state index in [9.17, 15) is 24.3 Å². The van der Waals surface area contributed by atoms with Gasteiger partial charge in [0.2, 0.25) is 0 Å². The first-order valence-corrected chi connectivity index (χ1v) is 6.92. The lowest BCUT2D eigenvalue weighted by molar-refractivity contribution is -0.162. The predicted molar refractivity (Wildman–Crippen MR) is 79.8 cm³/mol. The first-order valence-electron chi connectivity index (χ1n) is 6.92. The average Bonchev–Trinajstić information content (AvgIpc) is 2.59. The summed E-state index contributed by atoms with van der Waals surface area (Å²) in [5.74, 6) is -6.60. The lowest BCUT2D eigenvalue weighted by Gasteiger charge is -2.25. The zero-order valence-electron chi connectivity index (χ0n) is 13.4. The third-order valence-electron chi connectivity index (χ3n) is 3.44. The Bertz CT molecular complexity index is 602. The third kappa shape index (κ3) is 4.51. The molecule has 9 heteroatoms. The van der Waals surface area contributed by atoms with Crippen LogP contribution in [0, 0.1) is 11.8 Å². The van der Waals surface area contributed by atoms with Crippen LogP contribution in [0.3, 0.4) is 0 Å². The number of carboxylic acid groups (broad SMARTS) is 1. The number of aromatic nitrogens is 1. The molecule has 0 aromatic carbocycles. The first kappa shape index (κ1) is 19.1. The molecule has 0 bridgehead atoms. The molecule has 0 aliphatic rings. The van der Waals surface area contributed by atoms with Gasteiger partial charge in [0.25, 0.3) is 5.91 Å². The second kappa shape index (κ2) is 8.61. The topological polar surface area (TPSA) is 132 Å². The SMILES string of the molecule is COC(=O)C(C(=O)OC)[C@@H](C)[C@@H](NC(=O)c1cccnc1)C(=O)O. The molecule has 0 spiro atoms. The molecule has 1 heterocycles. The fourth-order valence-electron chi connectivity index (χ4n) is 2.11. The number of nitrogens with zero attached hydrogens (tertiary/aromatic N) is 1. The van der Waals surface area contributed by atoms with Gasteiger partial charge in [0, 0.05) is 18.3 Å². The minimum absolute atomic E-state index is 0.142. The van der Waals surface area contributed by atoms with Gasteiger partial charge in [-0.1, -0.05) is 6.92 Å². The van der Waals surface area contributed by atoms with Crippen molar-refractivity contribution < 1.29 is 33.8 Å². The zero-order chi connectivity index (χ0) is 18.3. The summed E-state index contributed by atoms with van der Waals surface area (Å²) in [7, 11) is 2.13. The van der Waals surface area contributed by atoms with Crippen molar-refractivity contribution in [3.8, 4) is 0 Å². The van der Waals surface area contributed by atoms with Crippen LogP contribution in [0.15, 0.2) is 24.5 Å². The van der Waals surface area contributed by atoms with Crippen LogP contribution in [0.5, 0.6) is 0 Å². The molecular weight excluding hydrogens is 320 g/mol. The highest BCUT2D eigenvalue weighted by molar-refractivity contribution is 5.98. The Hall–Kier alpha value is -2.97. The van der Waals surface area contributed by atoms with E-state index in [1.54, 1.807) is 0 Å². The van der Waals surface area contributed by atoms with Crippen molar-refractivity contribution in [1.29, 1.82) is 0 Å². The minimum atomic E-state index is -1.51. The summed E-state index contributed by atoms with van der Waals surface area (Å²) >= 11 is 0. The average molecular weight is 338 g/mol. The fourth-order valence-corrected chi connectivity index (χ4v) is 2.11. The Balaban J connectivity index is 3.04. The second-order valence-electron chi connectivity index (χ2n) is 4.91. The highest BCUT2D eigenvalue weighted by atomic mass is 16.5. The van der Waals surface area contributed by atoms with Gasteiger partial charge >= 0.3 is 17.9 Å². The standard InChI is InChI=1S/C15H18N2O7/c1-8(10(14(21)23-2)15(22)24-3)11(13(19)20)17-12(18)9-5-4-6-16-7-9/h4-8,10-11H,1-3H3,(H,17,18)(H,19,20)/t8-,11-/m1/s1. The number of rotatable bonds is 7. The van der Waals surface area contributed by atoms with Crippen molar-refractivity contribution in [2.24, 2.45) is 11.8 Å². The van der Waals surface area contributed by atoms with Crippen molar-refractivity contribution in [2.45, 2.75) is 13.0 Å². The van der Waals surface area contributed by atoms with Gasteiger partial charge in [0.05, 0.1) is 19.8 Å². The lowest BCUT2D eigenvalue weighted by Crippen LogP contribution is -2.50. The molecule has 1 aromatic rings. The molecule has 2 atom stereocenters. The number of nitrogens with one attached hydrogen (secondary N) is 1. The summed E-state index contributed by atoms with van der Waals surface area (Å²) in [5.41, 5.74) is 0.142. The normalized spacial score (nSPS) is 12.8. The monoisotopic (exact) mass is 338 g/mol. The van der Waals surface area contributed by atoms with Crippen LogP contribution in [0.4, 0.5) is 0 Å². The van der Waals surface area contributed by atoms with E-state index in [-0.39, 0.29) is 5.56 Å². The molecule has 130 valence electrons. The molecule has 0 unspecified atom stereocenters. The second-order valence-corrected chi connectivity index (χ2v) is 4.91. The smallest absolute Gasteiger partial charge is 0.326 e. The van der Waals surface area contributed by atoms with Crippen LogP contribution >= 0.6 is 0 Å². The van der Waals surface area contributed by atoms with Crippen molar-refractivity contribution in [2.75, 3.05) is 14.2 Å². The van der Waals surface area contributed by atoms with E-state index in [4.69, 9.17) is 0 Å². The van der Waals surface area contributed by atoms with Gasteiger partial charge in [-0.2, -0.15) is 0 Å². The summed E-state index contributed by atoms with van der Waals surface area (Å²) in [6.07, 6.45) is 2.72. The fraction of sp³-hybridized carbons (Fsp3) is 0.400. The number of esters is 2. The van der Waals surface area contributed by atoms with Gasteiger partial charge in [-0.05, 0) is 12.1 Å².